The van der Waals surface area contributed by atoms with Crippen LogP contribution in [0.1, 0.15) is 52.5 Å². The molecule has 18 heavy (non-hydrogen) atoms. The van der Waals surface area contributed by atoms with Gasteiger partial charge in [-0.15, -0.1) is 0 Å². The van der Waals surface area contributed by atoms with E-state index >= 15 is 0 Å². The van der Waals surface area contributed by atoms with Crippen molar-refractivity contribution in [1.29, 1.82) is 0 Å². The zero-order valence-corrected chi connectivity index (χ0v) is 12.1. The molecule has 0 unspecified atom stereocenters. The summed E-state index contributed by atoms with van der Waals surface area (Å²) in [5, 5.41) is 3.44. The Balaban J connectivity index is 2.33. The average Bonchev–Trinajstić information content (AvgIpc) is 2.33. The molecule has 3 nitrogen and oxygen atoms in total. The summed E-state index contributed by atoms with van der Waals surface area (Å²) in [7, 11) is 0. The van der Waals surface area contributed by atoms with Crippen LogP contribution in [-0.2, 0) is 6.54 Å². The topological polar surface area (TPSA) is 34.1 Å². The predicted molar refractivity (Wildman–Crippen MR) is 75.8 cm³/mol. The summed E-state index contributed by atoms with van der Waals surface area (Å²) < 4.78 is 5.58. The van der Waals surface area contributed by atoms with Gasteiger partial charge in [-0.3, -0.25) is 0 Å². The molecule has 1 heterocycles. The molecular formula is C15H26N2O. The number of rotatable bonds is 7. The molecule has 3 heteroatoms. The van der Waals surface area contributed by atoms with Crippen LogP contribution in [0.15, 0.2) is 18.3 Å². The van der Waals surface area contributed by atoms with Crippen LogP contribution >= 0.6 is 0 Å². The smallest absolute Gasteiger partial charge is 0.213 e. The number of hydrogen-bond donors (Lipinski definition) is 1. The molecule has 0 bridgehead atoms. The van der Waals surface area contributed by atoms with Gasteiger partial charge >= 0.3 is 0 Å². The van der Waals surface area contributed by atoms with E-state index in [1.807, 2.05) is 12.3 Å². The van der Waals surface area contributed by atoms with Crippen LogP contribution in [0.25, 0.3) is 0 Å². The van der Waals surface area contributed by atoms with E-state index < -0.39 is 0 Å². The van der Waals surface area contributed by atoms with Crippen LogP contribution in [0.4, 0.5) is 0 Å². The minimum Gasteiger partial charge on any atom is -0.478 e. The number of unbranched alkanes of at least 4 members (excludes halogenated alkanes) is 2. The Morgan fingerprint density at radius 3 is 2.56 bits per heavy atom. The molecule has 0 saturated carbocycles. The maximum atomic E-state index is 5.58. The number of nitrogens with zero attached hydrogens (tertiary/aromatic N) is 1. The summed E-state index contributed by atoms with van der Waals surface area (Å²) in [6.45, 7) is 10.3. The van der Waals surface area contributed by atoms with Crippen molar-refractivity contribution >= 4 is 0 Å². The molecule has 0 aliphatic heterocycles. The Morgan fingerprint density at radius 1 is 1.22 bits per heavy atom. The SMILES string of the molecule is CCCCCOc1ccc(CNC(C)(C)C)cn1. The first kappa shape index (κ1) is 15.0. The standard InChI is InChI=1S/C15H26N2O/c1-5-6-7-10-18-14-9-8-13(11-16-14)12-17-15(2,3)4/h8-9,11,17H,5-7,10,12H2,1-4H3. The second kappa shape index (κ2) is 7.37. The molecule has 0 aliphatic rings. The third-order valence-corrected chi connectivity index (χ3v) is 2.62. The van der Waals surface area contributed by atoms with Crippen molar-refractivity contribution in [1.82, 2.24) is 10.3 Å². The van der Waals surface area contributed by atoms with Crippen molar-refractivity contribution in [2.75, 3.05) is 6.61 Å². The van der Waals surface area contributed by atoms with Gasteiger partial charge in [0, 0.05) is 24.3 Å². The average molecular weight is 250 g/mol. The third-order valence-electron chi connectivity index (χ3n) is 2.62. The highest BCUT2D eigenvalue weighted by atomic mass is 16.5. The summed E-state index contributed by atoms with van der Waals surface area (Å²) in [6, 6.07) is 4.02. The maximum absolute atomic E-state index is 5.58. The van der Waals surface area contributed by atoms with Gasteiger partial charge in [0.2, 0.25) is 5.88 Å². The van der Waals surface area contributed by atoms with Gasteiger partial charge in [0.25, 0.3) is 0 Å². The zero-order valence-electron chi connectivity index (χ0n) is 12.1. The quantitative estimate of drug-likeness (QED) is 0.752. The molecule has 1 aromatic rings. The van der Waals surface area contributed by atoms with Crippen molar-refractivity contribution < 1.29 is 4.74 Å². The first-order chi connectivity index (χ1) is 8.51. The molecule has 1 rings (SSSR count). The first-order valence-electron chi connectivity index (χ1n) is 6.84. The summed E-state index contributed by atoms with van der Waals surface area (Å²) in [5.41, 5.74) is 1.32. The lowest BCUT2D eigenvalue weighted by Crippen LogP contribution is -2.35. The molecule has 0 amide bonds. The van der Waals surface area contributed by atoms with Gasteiger partial charge in [-0.05, 0) is 32.8 Å². The minimum absolute atomic E-state index is 0.134. The van der Waals surface area contributed by atoms with E-state index in [9.17, 15) is 0 Å². The molecule has 1 aromatic heterocycles. The fourth-order valence-electron chi connectivity index (χ4n) is 1.50. The fraction of sp³-hybridized carbons (Fsp3) is 0.667. The molecule has 1 N–H and O–H groups in total. The molecule has 0 fully saturated rings. The van der Waals surface area contributed by atoms with Crippen LogP contribution < -0.4 is 10.1 Å². The Hall–Kier alpha value is -1.09. The maximum Gasteiger partial charge on any atom is 0.213 e. The molecule has 102 valence electrons. The summed E-state index contributed by atoms with van der Waals surface area (Å²) >= 11 is 0. The number of hydrogen-bond acceptors (Lipinski definition) is 3. The Kier molecular flexibility index (Phi) is 6.13. The van der Waals surface area contributed by atoms with Gasteiger partial charge < -0.3 is 10.1 Å². The third kappa shape index (κ3) is 6.60. The van der Waals surface area contributed by atoms with E-state index in [-0.39, 0.29) is 5.54 Å². The Bertz CT molecular complexity index is 327. The molecule has 0 atom stereocenters. The second-order valence-corrected chi connectivity index (χ2v) is 5.66. The lowest BCUT2D eigenvalue weighted by Gasteiger charge is -2.20. The lowest BCUT2D eigenvalue weighted by molar-refractivity contribution is 0.294. The Morgan fingerprint density at radius 2 is 2.00 bits per heavy atom. The largest absolute Gasteiger partial charge is 0.478 e. The zero-order chi connectivity index (χ0) is 13.4. The van der Waals surface area contributed by atoms with E-state index in [0.717, 1.165) is 25.5 Å². The number of nitrogens with one attached hydrogen (secondary N) is 1. The van der Waals surface area contributed by atoms with Crippen LogP contribution in [-0.4, -0.2) is 17.1 Å². The highest BCUT2D eigenvalue weighted by molar-refractivity contribution is 5.17. The molecule has 0 saturated heterocycles. The molecule has 0 spiro atoms. The highest BCUT2D eigenvalue weighted by Gasteiger charge is 2.08. The minimum atomic E-state index is 0.134. The van der Waals surface area contributed by atoms with E-state index in [0.29, 0.717) is 0 Å². The van der Waals surface area contributed by atoms with Crippen LogP contribution in [0, 0.1) is 0 Å². The number of ether oxygens (including phenoxy) is 1. The number of pyridine rings is 1. The predicted octanol–water partition coefficient (Wildman–Crippen LogP) is 3.54. The fourth-order valence-corrected chi connectivity index (χ4v) is 1.50. The monoisotopic (exact) mass is 250 g/mol. The molecule has 0 aromatic carbocycles. The van der Waals surface area contributed by atoms with Crippen LogP contribution in [0.5, 0.6) is 5.88 Å². The second-order valence-electron chi connectivity index (χ2n) is 5.66. The highest BCUT2D eigenvalue weighted by Crippen LogP contribution is 2.09. The van der Waals surface area contributed by atoms with E-state index in [2.05, 4.69) is 44.1 Å². The first-order valence-corrected chi connectivity index (χ1v) is 6.84. The Labute approximate surface area is 111 Å². The lowest BCUT2D eigenvalue weighted by atomic mass is 10.1. The van der Waals surface area contributed by atoms with Crippen molar-refractivity contribution in [3.63, 3.8) is 0 Å². The summed E-state index contributed by atoms with van der Waals surface area (Å²) in [5.74, 6) is 0.727. The van der Waals surface area contributed by atoms with E-state index in [4.69, 9.17) is 4.74 Å². The van der Waals surface area contributed by atoms with Gasteiger partial charge in [-0.25, -0.2) is 4.98 Å². The normalized spacial score (nSPS) is 11.6. The van der Waals surface area contributed by atoms with Crippen molar-refractivity contribution in [2.45, 2.75) is 59.0 Å². The van der Waals surface area contributed by atoms with Gasteiger partial charge in [-0.1, -0.05) is 25.8 Å². The van der Waals surface area contributed by atoms with Crippen molar-refractivity contribution in [2.24, 2.45) is 0 Å². The number of aromatic nitrogens is 1. The van der Waals surface area contributed by atoms with Crippen molar-refractivity contribution in [3.05, 3.63) is 23.9 Å². The van der Waals surface area contributed by atoms with Crippen molar-refractivity contribution in [3.8, 4) is 5.88 Å². The van der Waals surface area contributed by atoms with Crippen LogP contribution in [0.3, 0.4) is 0 Å². The molecule has 0 aliphatic carbocycles. The molecule has 0 radical (unpaired) electrons. The summed E-state index contributed by atoms with van der Waals surface area (Å²) in [4.78, 5) is 4.31. The van der Waals surface area contributed by atoms with E-state index in [1.54, 1.807) is 0 Å². The van der Waals surface area contributed by atoms with E-state index in [1.165, 1.54) is 18.4 Å². The van der Waals surface area contributed by atoms with Gasteiger partial charge in [0.1, 0.15) is 0 Å². The summed E-state index contributed by atoms with van der Waals surface area (Å²) in [6.07, 6.45) is 5.42. The van der Waals surface area contributed by atoms with Gasteiger partial charge in [0.05, 0.1) is 6.61 Å². The van der Waals surface area contributed by atoms with Crippen LogP contribution in [0.2, 0.25) is 0 Å². The van der Waals surface area contributed by atoms with Gasteiger partial charge in [-0.2, -0.15) is 0 Å². The van der Waals surface area contributed by atoms with Gasteiger partial charge in [0.15, 0.2) is 0 Å². The molecular weight excluding hydrogens is 224 g/mol.